The fourth-order valence-corrected chi connectivity index (χ4v) is 4.98. The zero-order valence-electron chi connectivity index (χ0n) is 21.1. The summed E-state index contributed by atoms with van der Waals surface area (Å²) in [5.74, 6) is -1.38. The van der Waals surface area contributed by atoms with Gasteiger partial charge >= 0.3 is 0 Å². The summed E-state index contributed by atoms with van der Waals surface area (Å²) in [6, 6.07) is 24.8. The van der Waals surface area contributed by atoms with E-state index in [1.807, 2.05) is 30.3 Å². The van der Waals surface area contributed by atoms with Crippen LogP contribution >= 0.6 is 0 Å². The molecular formula is C32H24F2N2O3. The van der Waals surface area contributed by atoms with Crippen molar-refractivity contribution in [3.8, 4) is 22.5 Å². The quantitative estimate of drug-likeness (QED) is 0.257. The van der Waals surface area contributed by atoms with Gasteiger partial charge in [-0.1, -0.05) is 36.4 Å². The van der Waals surface area contributed by atoms with E-state index in [-0.39, 0.29) is 22.9 Å². The van der Waals surface area contributed by atoms with Gasteiger partial charge in [-0.25, -0.2) is 8.78 Å². The van der Waals surface area contributed by atoms with Crippen LogP contribution in [0.2, 0.25) is 0 Å². The Bertz CT molecular complexity index is 1720. The van der Waals surface area contributed by atoms with E-state index >= 15 is 0 Å². The summed E-state index contributed by atoms with van der Waals surface area (Å²) < 4.78 is 34.3. The second-order valence-electron chi connectivity index (χ2n) is 9.73. The zero-order valence-corrected chi connectivity index (χ0v) is 21.1. The van der Waals surface area contributed by atoms with Gasteiger partial charge in [-0.15, -0.1) is 0 Å². The Kier molecular flexibility index (Phi) is 5.99. The molecule has 2 amide bonds. The van der Waals surface area contributed by atoms with Gasteiger partial charge < -0.3 is 15.1 Å². The third kappa shape index (κ3) is 4.56. The van der Waals surface area contributed by atoms with Crippen LogP contribution in [0.3, 0.4) is 0 Å². The van der Waals surface area contributed by atoms with E-state index in [9.17, 15) is 18.4 Å². The minimum absolute atomic E-state index is 0.207. The number of benzene rings is 4. The van der Waals surface area contributed by atoms with E-state index in [0.29, 0.717) is 33.4 Å². The van der Waals surface area contributed by atoms with Crippen molar-refractivity contribution < 1.29 is 22.8 Å². The van der Waals surface area contributed by atoms with Gasteiger partial charge in [0, 0.05) is 23.6 Å². The van der Waals surface area contributed by atoms with Crippen molar-refractivity contribution in [3.05, 3.63) is 119 Å². The molecule has 4 aromatic carbocycles. The molecule has 7 heteroatoms. The average Bonchev–Trinajstić information content (AvgIpc) is 3.64. The van der Waals surface area contributed by atoms with Gasteiger partial charge in [-0.05, 0) is 84.1 Å². The number of furan rings is 1. The number of nitrogens with one attached hydrogen (secondary N) is 2. The maximum absolute atomic E-state index is 14.8. The van der Waals surface area contributed by atoms with Crippen molar-refractivity contribution in [1.29, 1.82) is 0 Å². The van der Waals surface area contributed by atoms with Gasteiger partial charge in [-0.3, -0.25) is 9.59 Å². The third-order valence-electron chi connectivity index (χ3n) is 7.17. The van der Waals surface area contributed by atoms with Gasteiger partial charge in [0.25, 0.3) is 11.8 Å². The Morgan fingerprint density at radius 1 is 0.769 bits per heavy atom. The molecule has 0 radical (unpaired) electrons. The number of halogens is 2. The van der Waals surface area contributed by atoms with Crippen molar-refractivity contribution in [2.75, 3.05) is 7.05 Å². The van der Waals surface area contributed by atoms with E-state index in [2.05, 4.69) is 10.6 Å². The molecule has 1 aliphatic rings. The molecule has 0 saturated heterocycles. The Labute approximate surface area is 223 Å². The lowest BCUT2D eigenvalue weighted by molar-refractivity contribution is 0.0928. The van der Waals surface area contributed by atoms with Crippen LogP contribution < -0.4 is 10.6 Å². The van der Waals surface area contributed by atoms with Crippen LogP contribution in [-0.4, -0.2) is 18.9 Å². The molecule has 1 fully saturated rings. The van der Waals surface area contributed by atoms with E-state index in [0.717, 1.165) is 18.4 Å². The molecule has 1 saturated carbocycles. The van der Waals surface area contributed by atoms with Crippen LogP contribution in [0.15, 0.2) is 95.4 Å². The number of carbonyl (C=O) groups excluding carboxylic acids is 2. The summed E-state index contributed by atoms with van der Waals surface area (Å²) >= 11 is 0. The Morgan fingerprint density at radius 2 is 1.49 bits per heavy atom. The maximum atomic E-state index is 14.8. The van der Waals surface area contributed by atoms with Crippen molar-refractivity contribution in [2.24, 2.45) is 0 Å². The Morgan fingerprint density at radius 3 is 2.18 bits per heavy atom. The molecule has 5 aromatic rings. The lowest BCUT2D eigenvalue weighted by Crippen LogP contribution is -2.34. The molecule has 0 atom stereocenters. The first-order valence-electron chi connectivity index (χ1n) is 12.6. The molecule has 1 aliphatic carbocycles. The minimum Gasteiger partial charge on any atom is -0.455 e. The SMILES string of the molecule is CNC(=O)c1c(-c2ccc(F)cc2)oc2ccc(-c3cc(F)cc(C(=O)NC4(c5ccccc5)CC4)c3)cc12. The summed E-state index contributed by atoms with van der Waals surface area (Å²) in [4.78, 5) is 26.1. The predicted molar refractivity (Wildman–Crippen MR) is 145 cm³/mol. The van der Waals surface area contributed by atoms with Gasteiger partial charge in [0.05, 0.1) is 11.1 Å². The first kappa shape index (κ1) is 24.6. The van der Waals surface area contributed by atoms with E-state index in [1.165, 1.54) is 31.3 Å². The van der Waals surface area contributed by atoms with Crippen molar-refractivity contribution in [3.63, 3.8) is 0 Å². The van der Waals surface area contributed by atoms with Crippen LogP contribution in [0.1, 0.15) is 39.1 Å². The third-order valence-corrected chi connectivity index (χ3v) is 7.17. The first-order valence-corrected chi connectivity index (χ1v) is 12.6. The van der Waals surface area contributed by atoms with Gasteiger partial charge in [0.1, 0.15) is 23.0 Å². The second-order valence-corrected chi connectivity index (χ2v) is 9.73. The van der Waals surface area contributed by atoms with Gasteiger partial charge in [-0.2, -0.15) is 0 Å². The molecule has 5 nitrogen and oxygen atoms in total. The van der Waals surface area contributed by atoms with Crippen molar-refractivity contribution >= 4 is 22.8 Å². The first-order chi connectivity index (χ1) is 18.9. The Balaban J connectivity index is 1.38. The largest absolute Gasteiger partial charge is 0.455 e. The fraction of sp³-hybridized carbons (Fsp3) is 0.125. The average molecular weight is 523 g/mol. The summed E-state index contributed by atoms with van der Waals surface area (Å²) in [6.07, 6.45) is 1.64. The highest BCUT2D eigenvalue weighted by atomic mass is 19.1. The Hall–Kier alpha value is -4.78. The van der Waals surface area contributed by atoms with Crippen molar-refractivity contribution in [1.82, 2.24) is 10.6 Å². The predicted octanol–water partition coefficient (Wildman–Crippen LogP) is 6.82. The summed E-state index contributed by atoms with van der Waals surface area (Å²) in [7, 11) is 1.51. The lowest BCUT2D eigenvalue weighted by atomic mass is 9.98. The molecule has 1 heterocycles. The minimum atomic E-state index is -0.548. The van der Waals surface area contributed by atoms with E-state index < -0.39 is 17.2 Å². The standard InChI is InChI=1S/C32H24F2N2O3/c1-35-31(38)28-26-18-20(9-12-27(26)39-29(28)19-7-10-24(33)11-8-19)21-15-22(17-25(34)16-21)30(37)36-32(13-14-32)23-5-3-2-4-6-23/h2-12,15-18H,13-14H2,1H3,(H,35,38)(H,36,37). The van der Waals surface area contributed by atoms with Crippen molar-refractivity contribution in [2.45, 2.75) is 18.4 Å². The monoisotopic (exact) mass is 522 g/mol. The molecule has 39 heavy (non-hydrogen) atoms. The number of carbonyl (C=O) groups is 2. The molecule has 0 aliphatic heterocycles. The normalized spacial score (nSPS) is 13.7. The molecular weight excluding hydrogens is 498 g/mol. The number of hydrogen-bond donors (Lipinski definition) is 2. The van der Waals surface area contributed by atoms with Crippen LogP contribution in [0.5, 0.6) is 0 Å². The van der Waals surface area contributed by atoms with Crippen LogP contribution in [0, 0.1) is 11.6 Å². The number of hydrogen-bond acceptors (Lipinski definition) is 3. The highest BCUT2D eigenvalue weighted by Crippen LogP contribution is 2.45. The zero-order chi connectivity index (χ0) is 27.1. The summed E-state index contributed by atoms with van der Waals surface area (Å²) in [5.41, 5.74) is 3.18. The van der Waals surface area contributed by atoms with Gasteiger partial charge in [0.15, 0.2) is 0 Å². The molecule has 6 rings (SSSR count). The van der Waals surface area contributed by atoms with Crippen LogP contribution in [0.4, 0.5) is 8.78 Å². The number of rotatable bonds is 6. The number of fused-ring (bicyclic) bond motifs is 1. The topological polar surface area (TPSA) is 71.3 Å². The summed E-state index contributed by atoms with van der Waals surface area (Å²) in [6.45, 7) is 0. The highest BCUT2D eigenvalue weighted by molar-refractivity contribution is 6.12. The molecule has 0 bridgehead atoms. The smallest absolute Gasteiger partial charge is 0.255 e. The fourth-order valence-electron chi connectivity index (χ4n) is 4.98. The van der Waals surface area contributed by atoms with Crippen LogP contribution in [0.25, 0.3) is 33.4 Å². The highest BCUT2D eigenvalue weighted by Gasteiger charge is 2.45. The maximum Gasteiger partial charge on any atom is 0.255 e. The molecule has 194 valence electrons. The summed E-state index contributed by atoms with van der Waals surface area (Å²) in [5, 5.41) is 6.24. The lowest BCUT2D eigenvalue weighted by Gasteiger charge is -2.18. The molecule has 2 N–H and O–H groups in total. The molecule has 1 aromatic heterocycles. The molecule has 0 unspecified atom stereocenters. The van der Waals surface area contributed by atoms with E-state index in [4.69, 9.17) is 4.42 Å². The van der Waals surface area contributed by atoms with Gasteiger partial charge in [0.2, 0.25) is 0 Å². The van der Waals surface area contributed by atoms with Crippen LogP contribution in [-0.2, 0) is 5.54 Å². The number of amides is 2. The molecule has 0 spiro atoms. The van der Waals surface area contributed by atoms with E-state index in [1.54, 1.807) is 36.4 Å². The second kappa shape index (κ2) is 9.51.